The number of Topliss-reactive ketones (excluding diaryl/α,β-unsaturated/α-hetero) is 1. The summed E-state index contributed by atoms with van der Waals surface area (Å²) >= 11 is 0. The van der Waals surface area contributed by atoms with Crippen molar-refractivity contribution < 1.29 is 14.3 Å². The Morgan fingerprint density at radius 3 is 2.95 bits per heavy atom. The number of aromatic hydroxyl groups is 1. The minimum atomic E-state index is -0.463. The van der Waals surface area contributed by atoms with Gasteiger partial charge in [0.2, 0.25) is 0 Å². The first kappa shape index (κ1) is 13.3. The molecule has 1 aromatic heterocycles. The summed E-state index contributed by atoms with van der Waals surface area (Å²) in [6.45, 7) is 2.01. The maximum atomic E-state index is 13.1. The first-order chi connectivity index (χ1) is 9.11. The number of benzene rings is 1. The van der Waals surface area contributed by atoms with E-state index in [4.69, 9.17) is 0 Å². The molecule has 0 bridgehead atoms. The number of ketones is 1. The molecule has 0 saturated heterocycles. The second kappa shape index (κ2) is 5.65. The van der Waals surface area contributed by atoms with Gasteiger partial charge in [-0.2, -0.15) is 5.10 Å². The summed E-state index contributed by atoms with van der Waals surface area (Å²) in [7, 11) is 0. The standard InChI is InChI=1S/C14H15FN2O2/c1-2-3-4-14(19)12-8-11(16-17-12)10-7-9(15)5-6-13(10)18/h5-8,18H,2-4H2,1H3,(H,16,17). The number of hydrogen-bond donors (Lipinski definition) is 2. The molecule has 0 fully saturated rings. The number of carbonyl (C=O) groups excluding carboxylic acids is 1. The van der Waals surface area contributed by atoms with Gasteiger partial charge >= 0.3 is 0 Å². The van der Waals surface area contributed by atoms with Crippen LogP contribution in [0.25, 0.3) is 11.3 Å². The zero-order valence-corrected chi connectivity index (χ0v) is 10.6. The smallest absolute Gasteiger partial charge is 0.180 e. The Kier molecular flexibility index (Phi) is 3.94. The second-order valence-corrected chi connectivity index (χ2v) is 4.36. The molecule has 0 saturated carbocycles. The van der Waals surface area contributed by atoms with Gasteiger partial charge in [0.15, 0.2) is 5.78 Å². The van der Waals surface area contributed by atoms with Crippen molar-refractivity contribution in [2.45, 2.75) is 26.2 Å². The fourth-order valence-corrected chi connectivity index (χ4v) is 1.79. The van der Waals surface area contributed by atoms with E-state index >= 15 is 0 Å². The lowest BCUT2D eigenvalue weighted by atomic mass is 10.1. The van der Waals surface area contributed by atoms with Crippen molar-refractivity contribution in [2.75, 3.05) is 0 Å². The number of rotatable bonds is 5. The molecule has 0 atom stereocenters. The molecule has 0 spiro atoms. The number of nitrogens with one attached hydrogen (secondary N) is 1. The molecule has 1 aromatic carbocycles. The fourth-order valence-electron chi connectivity index (χ4n) is 1.79. The number of phenols is 1. The number of aromatic amines is 1. The number of nitrogens with zero attached hydrogens (tertiary/aromatic N) is 1. The van der Waals surface area contributed by atoms with Crippen LogP contribution in [-0.4, -0.2) is 21.1 Å². The highest BCUT2D eigenvalue weighted by molar-refractivity contribution is 5.95. The van der Waals surface area contributed by atoms with Crippen LogP contribution in [0.5, 0.6) is 5.75 Å². The van der Waals surface area contributed by atoms with Gasteiger partial charge < -0.3 is 5.11 Å². The van der Waals surface area contributed by atoms with Crippen LogP contribution in [0.2, 0.25) is 0 Å². The van der Waals surface area contributed by atoms with Gasteiger partial charge in [0, 0.05) is 12.0 Å². The molecule has 0 aliphatic rings. The fraction of sp³-hybridized carbons (Fsp3) is 0.286. The third kappa shape index (κ3) is 2.99. The lowest BCUT2D eigenvalue weighted by Crippen LogP contribution is -1.98. The molecule has 2 aromatic rings. The SMILES string of the molecule is CCCCC(=O)c1cc(-c2cc(F)ccc2O)n[nH]1. The van der Waals surface area contributed by atoms with Crippen molar-refractivity contribution in [1.82, 2.24) is 10.2 Å². The minimum Gasteiger partial charge on any atom is -0.507 e. The molecule has 0 radical (unpaired) electrons. The largest absolute Gasteiger partial charge is 0.507 e. The third-order valence-electron chi connectivity index (χ3n) is 2.87. The molecule has 100 valence electrons. The number of H-pyrrole nitrogens is 1. The van der Waals surface area contributed by atoms with E-state index in [1.165, 1.54) is 24.3 Å². The van der Waals surface area contributed by atoms with E-state index in [9.17, 15) is 14.3 Å². The van der Waals surface area contributed by atoms with Crippen LogP contribution in [0.15, 0.2) is 24.3 Å². The maximum Gasteiger partial charge on any atom is 0.180 e. The number of phenolic OH excluding ortho intramolecular Hbond substituents is 1. The molecule has 19 heavy (non-hydrogen) atoms. The van der Waals surface area contributed by atoms with Gasteiger partial charge in [-0.3, -0.25) is 9.89 Å². The van der Waals surface area contributed by atoms with Crippen LogP contribution in [0.4, 0.5) is 4.39 Å². The number of hydrogen-bond acceptors (Lipinski definition) is 3. The van der Waals surface area contributed by atoms with Crippen molar-refractivity contribution >= 4 is 5.78 Å². The van der Waals surface area contributed by atoms with E-state index in [0.717, 1.165) is 12.8 Å². The lowest BCUT2D eigenvalue weighted by molar-refractivity contribution is 0.0975. The van der Waals surface area contributed by atoms with Crippen LogP contribution in [0.1, 0.15) is 36.7 Å². The highest BCUT2D eigenvalue weighted by Crippen LogP contribution is 2.28. The van der Waals surface area contributed by atoms with Crippen molar-refractivity contribution in [3.05, 3.63) is 35.8 Å². The summed E-state index contributed by atoms with van der Waals surface area (Å²) in [5.74, 6) is -0.563. The number of aromatic nitrogens is 2. The topological polar surface area (TPSA) is 66.0 Å². The van der Waals surface area contributed by atoms with E-state index in [-0.39, 0.29) is 17.1 Å². The quantitative estimate of drug-likeness (QED) is 0.812. The zero-order chi connectivity index (χ0) is 13.8. The molecule has 0 unspecified atom stereocenters. The summed E-state index contributed by atoms with van der Waals surface area (Å²) in [5, 5.41) is 16.2. The van der Waals surface area contributed by atoms with Gasteiger partial charge in [0.1, 0.15) is 17.3 Å². The van der Waals surface area contributed by atoms with Gasteiger partial charge in [0.25, 0.3) is 0 Å². The average Bonchev–Trinajstić information content (AvgIpc) is 2.88. The predicted octanol–water partition coefficient (Wildman–Crippen LogP) is 3.29. The van der Waals surface area contributed by atoms with E-state index in [2.05, 4.69) is 10.2 Å². The summed E-state index contributed by atoms with van der Waals surface area (Å²) in [4.78, 5) is 11.8. The van der Waals surface area contributed by atoms with E-state index < -0.39 is 5.82 Å². The maximum absolute atomic E-state index is 13.1. The van der Waals surface area contributed by atoms with Crippen molar-refractivity contribution in [3.63, 3.8) is 0 Å². The molecule has 1 heterocycles. The molecule has 0 amide bonds. The molecule has 2 rings (SSSR count). The number of carbonyl (C=O) groups is 1. The average molecular weight is 262 g/mol. The van der Waals surface area contributed by atoms with Gasteiger partial charge in [-0.05, 0) is 30.7 Å². The van der Waals surface area contributed by atoms with Gasteiger partial charge in [-0.15, -0.1) is 0 Å². The molecule has 0 aliphatic heterocycles. The molecule has 2 N–H and O–H groups in total. The summed E-state index contributed by atoms with van der Waals surface area (Å²) in [5.41, 5.74) is 1.01. The molecular formula is C14H15FN2O2. The monoisotopic (exact) mass is 262 g/mol. The zero-order valence-electron chi connectivity index (χ0n) is 10.6. The normalized spacial score (nSPS) is 10.6. The van der Waals surface area contributed by atoms with Crippen LogP contribution in [-0.2, 0) is 0 Å². The molecule has 4 nitrogen and oxygen atoms in total. The minimum absolute atomic E-state index is 0.0310. The summed E-state index contributed by atoms with van der Waals surface area (Å²) in [6.07, 6.45) is 2.21. The Labute approximate surface area is 110 Å². The Morgan fingerprint density at radius 2 is 2.21 bits per heavy atom. The van der Waals surface area contributed by atoms with Crippen molar-refractivity contribution in [3.8, 4) is 17.0 Å². The lowest BCUT2D eigenvalue weighted by Gasteiger charge is -2.00. The Bertz CT molecular complexity index is 593. The molecular weight excluding hydrogens is 247 g/mol. The Balaban J connectivity index is 2.25. The Morgan fingerprint density at radius 1 is 1.42 bits per heavy atom. The van der Waals surface area contributed by atoms with Crippen LogP contribution < -0.4 is 0 Å². The Hall–Kier alpha value is -2.17. The van der Waals surface area contributed by atoms with E-state index in [0.29, 0.717) is 17.8 Å². The van der Waals surface area contributed by atoms with Crippen LogP contribution in [0, 0.1) is 5.82 Å². The molecule has 0 aliphatic carbocycles. The number of unbranched alkanes of at least 4 members (excludes halogenated alkanes) is 1. The van der Waals surface area contributed by atoms with Gasteiger partial charge in [0.05, 0.1) is 5.69 Å². The highest BCUT2D eigenvalue weighted by Gasteiger charge is 2.13. The highest BCUT2D eigenvalue weighted by atomic mass is 19.1. The van der Waals surface area contributed by atoms with E-state index in [1.807, 2.05) is 6.92 Å². The summed E-state index contributed by atoms with van der Waals surface area (Å²) < 4.78 is 13.1. The van der Waals surface area contributed by atoms with Gasteiger partial charge in [-0.1, -0.05) is 13.3 Å². The van der Waals surface area contributed by atoms with Crippen LogP contribution in [0.3, 0.4) is 0 Å². The summed E-state index contributed by atoms with van der Waals surface area (Å²) in [6, 6.07) is 5.15. The first-order valence-electron chi connectivity index (χ1n) is 6.19. The van der Waals surface area contributed by atoms with E-state index in [1.54, 1.807) is 0 Å². The first-order valence-corrected chi connectivity index (χ1v) is 6.19. The van der Waals surface area contributed by atoms with Crippen LogP contribution >= 0.6 is 0 Å². The van der Waals surface area contributed by atoms with Crippen molar-refractivity contribution in [1.29, 1.82) is 0 Å². The number of halogens is 1. The van der Waals surface area contributed by atoms with Gasteiger partial charge in [-0.25, -0.2) is 4.39 Å². The predicted molar refractivity (Wildman–Crippen MR) is 69.5 cm³/mol. The van der Waals surface area contributed by atoms with Crippen molar-refractivity contribution in [2.24, 2.45) is 0 Å². The molecule has 5 heteroatoms. The third-order valence-corrected chi connectivity index (χ3v) is 2.87. The second-order valence-electron chi connectivity index (χ2n) is 4.36.